The fourth-order valence-electron chi connectivity index (χ4n) is 3.39. The van der Waals surface area contributed by atoms with Gasteiger partial charge in [-0.25, -0.2) is 4.98 Å². The zero-order valence-electron chi connectivity index (χ0n) is 13.6. The highest BCUT2D eigenvalue weighted by molar-refractivity contribution is 5.83. The van der Waals surface area contributed by atoms with Crippen molar-refractivity contribution in [3.8, 4) is 0 Å². The maximum atomic E-state index is 4.77. The van der Waals surface area contributed by atoms with Gasteiger partial charge in [0.25, 0.3) is 0 Å². The molecule has 0 saturated heterocycles. The second-order valence-corrected chi connectivity index (χ2v) is 6.21. The molecule has 1 heterocycles. The van der Waals surface area contributed by atoms with Gasteiger partial charge >= 0.3 is 0 Å². The fourth-order valence-corrected chi connectivity index (χ4v) is 3.39. The minimum Gasteiger partial charge on any atom is -0.382 e. The highest BCUT2D eigenvalue weighted by Gasteiger charge is 2.21. The number of rotatable bonds is 5. The minimum atomic E-state index is 0.361. The molecule has 0 unspecified atom stereocenters. The van der Waals surface area contributed by atoms with Crippen molar-refractivity contribution in [2.45, 2.75) is 18.9 Å². The molecule has 0 saturated carbocycles. The van der Waals surface area contributed by atoms with Crippen LogP contribution in [-0.2, 0) is 6.42 Å². The summed E-state index contributed by atoms with van der Waals surface area (Å²) in [4.78, 5) is 4.77. The summed E-state index contributed by atoms with van der Waals surface area (Å²) in [6.45, 7) is 4.49. The summed E-state index contributed by atoms with van der Waals surface area (Å²) in [6, 6.07) is 19.5. The summed E-state index contributed by atoms with van der Waals surface area (Å²) < 4.78 is 0. The normalized spacial score (nSPS) is 15.9. The number of fused-ring (bicyclic) bond motifs is 2. The van der Waals surface area contributed by atoms with Crippen LogP contribution < -0.4 is 10.6 Å². The number of pyridine rings is 1. The first-order valence-corrected chi connectivity index (χ1v) is 8.43. The lowest BCUT2D eigenvalue weighted by Gasteiger charge is -2.15. The van der Waals surface area contributed by atoms with Crippen molar-refractivity contribution < 1.29 is 0 Å². The van der Waals surface area contributed by atoms with Crippen LogP contribution in [0.25, 0.3) is 10.9 Å². The molecule has 0 fully saturated rings. The number of nitrogens with zero attached hydrogens (tertiary/aromatic N) is 1. The third kappa shape index (κ3) is 2.85. The van der Waals surface area contributed by atoms with Gasteiger partial charge in [0.05, 0.1) is 11.6 Å². The fraction of sp³-hybridized carbons (Fsp3) is 0.190. The molecule has 1 aromatic heterocycles. The second-order valence-electron chi connectivity index (χ2n) is 6.21. The second kappa shape index (κ2) is 6.36. The molecule has 4 rings (SSSR count). The van der Waals surface area contributed by atoms with Crippen molar-refractivity contribution in [2.75, 3.05) is 17.2 Å². The number of aromatic nitrogens is 1. The first-order valence-electron chi connectivity index (χ1n) is 8.43. The van der Waals surface area contributed by atoms with Crippen molar-refractivity contribution in [3.63, 3.8) is 0 Å². The Bertz CT molecular complexity index is 885. The monoisotopic (exact) mass is 315 g/mol. The van der Waals surface area contributed by atoms with Crippen LogP contribution in [0.2, 0.25) is 0 Å². The van der Waals surface area contributed by atoms with E-state index in [1.165, 1.54) is 11.1 Å². The summed E-state index contributed by atoms with van der Waals surface area (Å²) in [6.07, 6.45) is 4.12. The average Bonchev–Trinajstić information content (AvgIpc) is 3.03. The topological polar surface area (TPSA) is 37.0 Å². The maximum absolute atomic E-state index is 4.77. The molecule has 0 spiro atoms. The van der Waals surface area contributed by atoms with Crippen LogP contribution in [0.4, 0.5) is 11.5 Å². The third-order valence-corrected chi connectivity index (χ3v) is 4.59. The Morgan fingerprint density at radius 2 is 2.04 bits per heavy atom. The van der Waals surface area contributed by atoms with E-state index in [0.29, 0.717) is 6.04 Å². The summed E-state index contributed by atoms with van der Waals surface area (Å²) in [5, 5.41) is 8.05. The molecule has 2 aromatic carbocycles. The van der Waals surface area contributed by atoms with Crippen molar-refractivity contribution >= 4 is 22.4 Å². The van der Waals surface area contributed by atoms with Crippen LogP contribution >= 0.6 is 0 Å². The predicted molar refractivity (Wildman–Crippen MR) is 102 cm³/mol. The van der Waals surface area contributed by atoms with Gasteiger partial charge in [-0.1, -0.05) is 30.3 Å². The Morgan fingerprint density at radius 3 is 2.96 bits per heavy atom. The maximum Gasteiger partial charge on any atom is 0.127 e. The van der Waals surface area contributed by atoms with E-state index in [-0.39, 0.29) is 0 Å². The Balaban J connectivity index is 1.56. The average molecular weight is 315 g/mol. The molecule has 1 atom stereocenters. The van der Waals surface area contributed by atoms with E-state index < -0.39 is 0 Å². The van der Waals surface area contributed by atoms with Crippen LogP contribution in [0.3, 0.4) is 0 Å². The highest BCUT2D eigenvalue weighted by atomic mass is 15.0. The SMILES string of the molecule is C=CCNc1ccc2nc(N[C@@H]3CCc4ccccc43)ccc2c1. The van der Waals surface area contributed by atoms with Gasteiger partial charge in [-0.3, -0.25) is 0 Å². The largest absolute Gasteiger partial charge is 0.382 e. The van der Waals surface area contributed by atoms with Gasteiger partial charge in [-0.05, 0) is 54.3 Å². The quantitative estimate of drug-likeness (QED) is 0.655. The van der Waals surface area contributed by atoms with Crippen LogP contribution in [0, 0.1) is 0 Å². The lowest BCUT2D eigenvalue weighted by molar-refractivity contribution is 0.758. The van der Waals surface area contributed by atoms with Crippen molar-refractivity contribution in [2.24, 2.45) is 0 Å². The standard InChI is InChI=1S/C21H21N3/c1-2-13-22-17-9-11-19-16(14-17)8-12-21(23-19)24-20-10-7-15-5-3-4-6-18(15)20/h2-6,8-9,11-12,14,20,22H,1,7,10,13H2,(H,23,24)/t20-/m1/s1. The molecule has 24 heavy (non-hydrogen) atoms. The summed E-state index contributed by atoms with van der Waals surface area (Å²) in [5.74, 6) is 0.941. The highest BCUT2D eigenvalue weighted by Crippen LogP contribution is 2.33. The zero-order valence-corrected chi connectivity index (χ0v) is 13.6. The molecule has 0 aliphatic heterocycles. The smallest absolute Gasteiger partial charge is 0.127 e. The number of aryl methyl sites for hydroxylation is 1. The molecular formula is C21H21N3. The van der Waals surface area contributed by atoms with E-state index in [9.17, 15) is 0 Å². The third-order valence-electron chi connectivity index (χ3n) is 4.59. The first-order chi connectivity index (χ1) is 11.8. The molecule has 3 nitrogen and oxygen atoms in total. The molecule has 3 heteroatoms. The van der Waals surface area contributed by atoms with E-state index in [1.54, 1.807) is 0 Å². The summed E-state index contributed by atoms with van der Waals surface area (Å²) in [7, 11) is 0. The zero-order chi connectivity index (χ0) is 16.4. The Labute approximate surface area is 142 Å². The number of hydrogen-bond donors (Lipinski definition) is 2. The lowest BCUT2D eigenvalue weighted by atomic mass is 10.1. The molecule has 3 aromatic rings. The van der Waals surface area contributed by atoms with E-state index in [1.807, 2.05) is 6.08 Å². The van der Waals surface area contributed by atoms with Gasteiger partial charge in [-0.2, -0.15) is 0 Å². The molecule has 1 aliphatic rings. The molecule has 0 bridgehead atoms. The molecule has 0 radical (unpaired) electrons. The van der Waals surface area contributed by atoms with Crippen LogP contribution in [-0.4, -0.2) is 11.5 Å². The van der Waals surface area contributed by atoms with E-state index in [2.05, 4.69) is 71.8 Å². The van der Waals surface area contributed by atoms with Gasteiger partial charge in [0.1, 0.15) is 5.82 Å². The van der Waals surface area contributed by atoms with E-state index in [0.717, 1.165) is 41.8 Å². The first kappa shape index (κ1) is 14.8. The van der Waals surface area contributed by atoms with Gasteiger partial charge < -0.3 is 10.6 Å². The Morgan fingerprint density at radius 1 is 1.12 bits per heavy atom. The Kier molecular flexibility index (Phi) is 3.91. The van der Waals surface area contributed by atoms with Crippen molar-refractivity contribution in [1.29, 1.82) is 0 Å². The summed E-state index contributed by atoms with van der Waals surface area (Å²) in [5.41, 5.74) is 4.96. The Hall–Kier alpha value is -2.81. The van der Waals surface area contributed by atoms with E-state index >= 15 is 0 Å². The van der Waals surface area contributed by atoms with Crippen LogP contribution in [0.15, 0.2) is 67.3 Å². The molecule has 1 aliphatic carbocycles. The number of anilines is 2. The number of hydrogen-bond acceptors (Lipinski definition) is 3. The molecule has 120 valence electrons. The molecule has 2 N–H and O–H groups in total. The van der Waals surface area contributed by atoms with Gasteiger partial charge in [0.2, 0.25) is 0 Å². The lowest BCUT2D eigenvalue weighted by Crippen LogP contribution is -2.08. The number of nitrogens with one attached hydrogen (secondary N) is 2. The van der Waals surface area contributed by atoms with Crippen molar-refractivity contribution in [3.05, 3.63) is 78.4 Å². The van der Waals surface area contributed by atoms with Gasteiger partial charge in [0.15, 0.2) is 0 Å². The summed E-state index contributed by atoms with van der Waals surface area (Å²) >= 11 is 0. The predicted octanol–water partition coefficient (Wildman–Crippen LogP) is 4.93. The van der Waals surface area contributed by atoms with Gasteiger partial charge in [-0.15, -0.1) is 6.58 Å². The van der Waals surface area contributed by atoms with Crippen LogP contribution in [0.1, 0.15) is 23.6 Å². The van der Waals surface area contributed by atoms with E-state index in [4.69, 9.17) is 4.98 Å². The van der Waals surface area contributed by atoms with Gasteiger partial charge in [0, 0.05) is 17.6 Å². The van der Waals surface area contributed by atoms with Crippen LogP contribution in [0.5, 0.6) is 0 Å². The molecule has 0 amide bonds. The minimum absolute atomic E-state index is 0.361. The van der Waals surface area contributed by atoms with Crippen molar-refractivity contribution in [1.82, 2.24) is 4.98 Å². The number of benzene rings is 2. The molecular weight excluding hydrogens is 294 g/mol.